The molecule has 7 heteroatoms. The largest absolute Gasteiger partial charge is 0.488 e. The molecular formula is C18H25N5O2. The summed E-state index contributed by atoms with van der Waals surface area (Å²) >= 11 is 0. The number of hydrogen-bond acceptors (Lipinski definition) is 4. The van der Waals surface area contributed by atoms with Gasteiger partial charge in [-0.15, -0.1) is 10.2 Å². The molecule has 0 unspecified atom stereocenters. The van der Waals surface area contributed by atoms with Gasteiger partial charge >= 0.3 is 6.03 Å². The van der Waals surface area contributed by atoms with Crippen LogP contribution in [0.15, 0.2) is 43.0 Å². The van der Waals surface area contributed by atoms with Crippen molar-refractivity contribution in [3.8, 4) is 5.75 Å². The summed E-state index contributed by atoms with van der Waals surface area (Å²) in [6, 6.07) is 9.78. The Morgan fingerprint density at radius 1 is 1.24 bits per heavy atom. The van der Waals surface area contributed by atoms with Gasteiger partial charge in [0.15, 0.2) is 0 Å². The molecule has 1 fully saturated rings. The van der Waals surface area contributed by atoms with E-state index in [4.69, 9.17) is 4.74 Å². The van der Waals surface area contributed by atoms with Gasteiger partial charge in [0.05, 0.1) is 6.04 Å². The zero-order chi connectivity index (χ0) is 17.5. The molecule has 0 saturated heterocycles. The van der Waals surface area contributed by atoms with E-state index in [-0.39, 0.29) is 18.2 Å². The van der Waals surface area contributed by atoms with Crippen molar-refractivity contribution in [2.24, 2.45) is 0 Å². The van der Waals surface area contributed by atoms with Crippen LogP contribution in [-0.2, 0) is 6.54 Å². The minimum Gasteiger partial charge on any atom is -0.488 e. The molecule has 1 N–H and O–H groups in total. The SMILES string of the molecule is CN(CCn1cnnc1)C(=O)N[C@H]1CCCC[C@H]1Oc1ccccc1. The molecule has 1 aliphatic carbocycles. The summed E-state index contributed by atoms with van der Waals surface area (Å²) in [5.41, 5.74) is 0. The van der Waals surface area contributed by atoms with Crippen molar-refractivity contribution in [2.75, 3.05) is 13.6 Å². The lowest BCUT2D eigenvalue weighted by Crippen LogP contribution is -2.51. The van der Waals surface area contributed by atoms with Gasteiger partial charge in [-0.3, -0.25) is 0 Å². The molecule has 3 rings (SSSR count). The number of ether oxygens (including phenoxy) is 1. The number of carbonyl (C=O) groups is 1. The summed E-state index contributed by atoms with van der Waals surface area (Å²) in [7, 11) is 1.80. The lowest BCUT2D eigenvalue weighted by atomic mass is 9.92. The van der Waals surface area contributed by atoms with Gasteiger partial charge in [0.2, 0.25) is 0 Å². The molecule has 2 aromatic rings. The van der Waals surface area contributed by atoms with Crippen molar-refractivity contribution < 1.29 is 9.53 Å². The summed E-state index contributed by atoms with van der Waals surface area (Å²) in [6.45, 7) is 1.27. The molecule has 1 aliphatic rings. The number of amides is 2. The smallest absolute Gasteiger partial charge is 0.317 e. The minimum absolute atomic E-state index is 0.0198. The van der Waals surface area contributed by atoms with E-state index in [0.717, 1.165) is 31.4 Å². The normalized spacial score (nSPS) is 20.0. The van der Waals surface area contributed by atoms with Crippen LogP contribution in [0.4, 0.5) is 4.79 Å². The van der Waals surface area contributed by atoms with Crippen LogP contribution in [0.25, 0.3) is 0 Å². The molecule has 2 amide bonds. The lowest BCUT2D eigenvalue weighted by Gasteiger charge is -2.33. The van der Waals surface area contributed by atoms with Gasteiger partial charge in [0, 0.05) is 20.1 Å². The second-order valence-corrected chi connectivity index (χ2v) is 6.43. The van der Waals surface area contributed by atoms with Crippen molar-refractivity contribution >= 4 is 6.03 Å². The molecular weight excluding hydrogens is 318 g/mol. The maximum absolute atomic E-state index is 12.5. The standard InChI is InChI=1S/C18H25N5O2/c1-22(11-12-23-13-19-20-14-23)18(24)21-16-9-5-6-10-17(16)25-15-7-3-2-4-8-15/h2-4,7-8,13-14,16-17H,5-6,9-12H2,1H3,(H,21,24)/t16-,17+/m0/s1. The fourth-order valence-electron chi connectivity index (χ4n) is 3.05. The summed E-state index contributed by atoms with van der Waals surface area (Å²) in [6.07, 6.45) is 7.48. The Bertz CT molecular complexity index is 647. The fraction of sp³-hybridized carbons (Fsp3) is 0.500. The van der Waals surface area contributed by atoms with Crippen molar-refractivity contribution in [1.29, 1.82) is 0 Å². The van der Waals surface area contributed by atoms with Crippen LogP contribution < -0.4 is 10.1 Å². The first-order valence-electron chi connectivity index (χ1n) is 8.78. The van der Waals surface area contributed by atoms with Gasteiger partial charge in [-0.05, 0) is 31.4 Å². The van der Waals surface area contributed by atoms with Crippen molar-refractivity contribution in [2.45, 2.75) is 44.4 Å². The Morgan fingerprint density at radius 3 is 2.72 bits per heavy atom. The molecule has 25 heavy (non-hydrogen) atoms. The maximum atomic E-state index is 12.5. The molecule has 1 aromatic carbocycles. The van der Waals surface area contributed by atoms with Crippen molar-refractivity contribution in [3.05, 3.63) is 43.0 Å². The highest BCUT2D eigenvalue weighted by molar-refractivity contribution is 5.74. The van der Waals surface area contributed by atoms with E-state index in [9.17, 15) is 4.79 Å². The van der Waals surface area contributed by atoms with Gasteiger partial charge in [-0.25, -0.2) is 4.79 Å². The zero-order valence-electron chi connectivity index (χ0n) is 14.5. The van der Waals surface area contributed by atoms with E-state index in [0.29, 0.717) is 13.1 Å². The van der Waals surface area contributed by atoms with Gasteiger partial charge in [-0.2, -0.15) is 0 Å². The van der Waals surface area contributed by atoms with E-state index in [2.05, 4.69) is 15.5 Å². The first kappa shape index (κ1) is 17.3. The lowest BCUT2D eigenvalue weighted by molar-refractivity contribution is 0.112. The topological polar surface area (TPSA) is 72.3 Å². The molecule has 1 saturated carbocycles. The number of rotatable bonds is 6. The highest BCUT2D eigenvalue weighted by atomic mass is 16.5. The molecule has 0 aliphatic heterocycles. The molecule has 1 heterocycles. The van der Waals surface area contributed by atoms with Gasteiger partial charge in [0.1, 0.15) is 24.5 Å². The summed E-state index contributed by atoms with van der Waals surface area (Å²) in [4.78, 5) is 14.2. The molecule has 0 bridgehead atoms. The third-order valence-corrected chi connectivity index (χ3v) is 4.55. The van der Waals surface area contributed by atoms with E-state index >= 15 is 0 Å². The molecule has 0 spiro atoms. The number of para-hydroxylation sites is 1. The number of urea groups is 1. The fourth-order valence-corrected chi connectivity index (χ4v) is 3.05. The summed E-state index contributed by atoms with van der Waals surface area (Å²) < 4.78 is 7.97. The minimum atomic E-state index is -0.0679. The van der Waals surface area contributed by atoms with Crippen LogP contribution in [0.5, 0.6) is 5.75 Å². The summed E-state index contributed by atoms with van der Waals surface area (Å²) in [5.74, 6) is 0.856. The Labute approximate surface area is 148 Å². The molecule has 0 radical (unpaired) electrons. The Morgan fingerprint density at radius 2 is 1.96 bits per heavy atom. The van der Waals surface area contributed by atoms with E-state index < -0.39 is 0 Å². The second kappa shape index (κ2) is 8.50. The first-order chi connectivity index (χ1) is 12.2. The first-order valence-corrected chi connectivity index (χ1v) is 8.78. The second-order valence-electron chi connectivity index (χ2n) is 6.43. The number of nitrogens with zero attached hydrogens (tertiary/aromatic N) is 4. The predicted molar refractivity (Wildman–Crippen MR) is 94.3 cm³/mol. The van der Waals surface area contributed by atoms with Crippen LogP contribution in [0, 0.1) is 0 Å². The molecule has 1 aromatic heterocycles. The number of likely N-dealkylation sites (N-methyl/N-ethyl adjacent to an activating group) is 1. The Hall–Kier alpha value is -2.57. The number of nitrogens with one attached hydrogen (secondary N) is 1. The van der Waals surface area contributed by atoms with E-state index in [1.807, 2.05) is 34.9 Å². The van der Waals surface area contributed by atoms with Gasteiger partial charge in [0.25, 0.3) is 0 Å². The predicted octanol–water partition coefficient (Wildman–Crippen LogP) is 2.31. The summed E-state index contributed by atoms with van der Waals surface area (Å²) in [5, 5.41) is 10.7. The molecule has 2 atom stereocenters. The van der Waals surface area contributed by atoms with Gasteiger partial charge < -0.3 is 19.5 Å². The average Bonchev–Trinajstić information content (AvgIpc) is 3.16. The van der Waals surface area contributed by atoms with Crippen LogP contribution in [0.3, 0.4) is 0 Å². The maximum Gasteiger partial charge on any atom is 0.317 e. The molecule has 134 valence electrons. The number of hydrogen-bond donors (Lipinski definition) is 1. The Balaban J connectivity index is 1.52. The van der Waals surface area contributed by atoms with Crippen LogP contribution in [-0.4, -0.2) is 51.4 Å². The zero-order valence-corrected chi connectivity index (χ0v) is 14.5. The van der Waals surface area contributed by atoms with Gasteiger partial charge in [-0.1, -0.05) is 24.6 Å². The third-order valence-electron chi connectivity index (χ3n) is 4.55. The van der Waals surface area contributed by atoms with Crippen molar-refractivity contribution in [3.63, 3.8) is 0 Å². The average molecular weight is 343 g/mol. The number of aromatic nitrogens is 3. The van der Waals surface area contributed by atoms with Crippen molar-refractivity contribution in [1.82, 2.24) is 25.0 Å². The molecule has 7 nitrogen and oxygen atoms in total. The number of carbonyl (C=O) groups excluding carboxylic acids is 1. The number of benzene rings is 1. The quantitative estimate of drug-likeness (QED) is 0.874. The highest BCUT2D eigenvalue weighted by Gasteiger charge is 2.29. The van der Waals surface area contributed by atoms with Crippen LogP contribution >= 0.6 is 0 Å². The Kier molecular flexibility index (Phi) is 5.87. The monoisotopic (exact) mass is 343 g/mol. The van der Waals surface area contributed by atoms with Crippen LogP contribution in [0.2, 0.25) is 0 Å². The third kappa shape index (κ3) is 4.95. The van der Waals surface area contributed by atoms with E-state index in [1.165, 1.54) is 0 Å². The highest BCUT2D eigenvalue weighted by Crippen LogP contribution is 2.24. The van der Waals surface area contributed by atoms with E-state index in [1.54, 1.807) is 24.6 Å². The van der Waals surface area contributed by atoms with Crippen LogP contribution in [0.1, 0.15) is 25.7 Å².